The minimum absolute atomic E-state index is 0.0283. The molecule has 0 radical (unpaired) electrons. The molecule has 4 nitrogen and oxygen atoms in total. The van der Waals surface area contributed by atoms with E-state index in [0.29, 0.717) is 0 Å². The third kappa shape index (κ3) is 2.10. The Morgan fingerprint density at radius 1 is 1.39 bits per heavy atom. The lowest BCUT2D eigenvalue weighted by Gasteiger charge is -2.33. The van der Waals surface area contributed by atoms with Gasteiger partial charge in [-0.15, -0.1) is 0 Å². The van der Waals surface area contributed by atoms with Crippen LogP contribution in [0.3, 0.4) is 0 Å². The van der Waals surface area contributed by atoms with Crippen molar-refractivity contribution in [2.45, 2.75) is 37.1 Å². The average molecular weight is 272 g/mol. The SMILES string of the molecule is Cc1c(N)cc(S(=O)(=O)N(C)C2CCC2)cc1F. The molecule has 1 aromatic rings. The van der Waals surface area contributed by atoms with Gasteiger partial charge in [-0.2, -0.15) is 4.31 Å². The number of sulfonamides is 1. The molecule has 0 aliphatic heterocycles. The summed E-state index contributed by atoms with van der Waals surface area (Å²) in [5.41, 5.74) is 6.06. The fourth-order valence-corrected chi connectivity index (χ4v) is 3.40. The zero-order chi connectivity index (χ0) is 13.5. The Labute approximate surface area is 107 Å². The van der Waals surface area contributed by atoms with Gasteiger partial charge in [0.25, 0.3) is 0 Å². The number of halogens is 1. The Balaban J connectivity index is 2.40. The van der Waals surface area contributed by atoms with Crippen molar-refractivity contribution < 1.29 is 12.8 Å². The highest BCUT2D eigenvalue weighted by molar-refractivity contribution is 7.89. The van der Waals surface area contributed by atoms with Gasteiger partial charge in [0.2, 0.25) is 10.0 Å². The summed E-state index contributed by atoms with van der Waals surface area (Å²) in [6, 6.07) is 2.39. The van der Waals surface area contributed by atoms with E-state index in [0.717, 1.165) is 25.3 Å². The molecule has 0 amide bonds. The van der Waals surface area contributed by atoms with Gasteiger partial charge in [0.15, 0.2) is 0 Å². The van der Waals surface area contributed by atoms with Crippen LogP contribution in [0, 0.1) is 12.7 Å². The maximum atomic E-state index is 13.6. The standard InChI is InChI=1S/C12H17FN2O2S/c1-8-11(13)6-10(7-12(8)14)18(16,17)15(2)9-4-3-5-9/h6-7,9H,3-5,14H2,1-2H3. The molecule has 1 aliphatic carbocycles. The first-order valence-electron chi connectivity index (χ1n) is 5.87. The van der Waals surface area contributed by atoms with Crippen LogP contribution in [0.1, 0.15) is 24.8 Å². The monoisotopic (exact) mass is 272 g/mol. The van der Waals surface area contributed by atoms with E-state index in [-0.39, 0.29) is 22.2 Å². The molecule has 0 unspecified atom stereocenters. The summed E-state index contributed by atoms with van der Waals surface area (Å²) in [5, 5.41) is 0. The molecule has 0 bridgehead atoms. The van der Waals surface area contributed by atoms with Crippen molar-refractivity contribution in [3.05, 3.63) is 23.5 Å². The van der Waals surface area contributed by atoms with E-state index >= 15 is 0 Å². The van der Waals surface area contributed by atoms with Gasteiger partial charge in [-0.3, -0.25) is 0 Å². The quantitative estimate of drug-likeness (QED) is 0.855. The van der Waals surface area contributed by atoms with Crippen LogP contribution in [0.2, 0.25) is 0 Å². The van der Waals surface area contributed by atoms with Crippen LogP contribution in [0.15, 0.2) is 17.0 Å². The second-order valence-electron chi connectivity index (χ2n) is 4.73. The molecule has 6 heteroatoms. The molecular weight excluding hydrogens is 255 g/mol. The number of nitrogen functional groups attached to an aromatic ring is 1. The van der Waals surface area contributed by atoms with Gasteiger partial charge in [-0.1, -0.05) is 6.42 Å². The lowest BCUT2D eigenvalue weighted by atomic mass is 9.94. The van der Waals surface area contributed by atoms with Gasteiger partial charge in [-0.25, -0.2) is 12.8 Å². The van der Waals surface area contributed by atoms with Crippen molar-refractivity contribution in [1.29, 1.82) is 0 Å². The predicted octanol–water partition coefficient (Wildman–Crippen LogP) is 1.89. The molecular formula is C12H17FN2O2S. The number of hydrogen-bond acceptors (Lipinski definition) is 3. The van der Waals surface area contributed by atoms with E-state index in [1.165, 1.54) is 24.3 Å². The summed E-state index contributed by atoms with van der Waals surface area (Å²) >= 11 is 0. The van der Waals surface area contributed by atoms with Crippen LogP contribution in [-0.4, -0.2) is 25.8 Å². The first-order valence-corrected chi connectivity index (χ1v) is 7.31. The molecule has 100 valence electrons. The third-order valence-electron chi connectivity index (χ3n) is 3.62. The molecule has 0 saturated heterocycles. The molecule has 0 heterocycles. The molecule has 1 saturated carbocycles. The van der Waals surface area contributed by atoms with Crippen LogP contribution in [0.25, 0.3) is 0 Å². The predicted molar refractivity (Wildman–Crippen MR) is 68.1 cm³/mol. The highest BCUT2D eigenvalue weighted by Gasteiger charge is 2.32. The average Bonchev–Trinajstić information content (AvgIpc) is 2.22. The third-order valence-corrected chi connectivity index (χ3v) is 5.51. The molecule has 0 aromatic heterocycles. The van der Waals surface area contributed by atoms with Gasteiger partial charge in [-0.05, 0) is 31.9 Å². The second-order valence-corrected chi connectivity index (χ2v) is 6.72. The van der Waals surface area contributed by atoms with Crippen LogP contribution >= 0.6 is 0 Å². The van der Waals surface area contributed by atoms with Crippen molar-refractivity contribution in [1.82, 2.24) is 4.31 Å². The van der Waals surface area contributed by atoms with Crippen molar-refractivity contribution in [3.8, 4) is 0 Å². The van der Waals surface area contributed by atoms with Crippen molar-refractivity contribution in [3.63, 3.8) is 0 Å². The Morgan fingerprint density at radius 3 is 2.44 bits per heavy atom. The van der Waals surface area contributed by atoms with Crippen molar-refractivity contribution in [2.24, 2.45) is 0 Å². The van der Waals surface area contributed by atoms with E-state index < -0.39 is 15.8 Å². The normalized spacial score (nSPS) is 16.9. The number of rotatable bonds is 3. The Morgan fingerprint density at radius 2 is 2.00 bits per heavy atom. The number of nitrogens with zero attached hydrogens (tertiary/aromatic N) is 1. The highest BCUT2D eigenvalue weighted by Crippen LogP contribution is 2.30. The Hall–Kier alpha value is -1.14. The second kappa shape index (κ2) is 4.51. The lowest BCUT2D eigenvalue weighted by molar-refractivity contribution is 0.249. The van der Waals surface area contributed by atoms with Gasteiger partial charge >= 0.3 is 0 Å². The minimum atomic E-state index is -3.65. The molecule has 1 aliphatic rings. The van der Waals surface area contributed by atoms with Gasteiger partial charge < -0.3 is 5.73 Å². The topological polar surface area (TPSA) is 63.4 Å². The smallest absolute Gasteiger partial charge is 0.243 e. The number of nitrogens with two attached hydrogens (primary N) is 1. The summed E-state index contributed by atoms with van der Waals surface area (Å²) in [4.78, 5) is -0.0718. The zero-order valence-electron chi connectivity index (χ0n) is 10.5. The van der Waals surface area contributed by atoms with E-state index in [4.69, 9.17) is 5.73 Å². The largest absolute Gasteiger partial charge is 0.398 e. The molecule has 1 fully saturated rings. The first-order chi connectivity index (χ1) is 8.34. The van der Waals surface area contributed by atoms with E-state index in [2.05, 4.69) is 0 Å². The molecule has 0 atom stereocenters. The maximum Gasteiger partial charge on any atom is 0.243 e. The van der Waals surface area contributed by atoms with E-state index in [1.54, 1.807) is 0 Å². The minimum Gasteiger partial charge on any atom is -0.398 e. The first kappa shape index (κ1) is 13.3. The van der Waals surface area contributed by atoms with Crippen molar-refractivity contribution >= 4 is 15.7 Å². The van der Waals surface area contributed by atoms with Gasteiger partial charge in [0.1, 0.15) is 5.82 Å². The van der Waals surface area contributed by atoms with Crippen molar-refractivity contribution in [2.75, 3.05) is 12.8 Å². The molecule has 2 rings (SSSR count). The Bertz CT molecular complexity index is 544. The number of hydrogen-bond donors (Lipinski definition) is 1. The van der Waals surface area contributed by atoms with E-state index in [9.17, 15) is 12.8 Å². The summed E-state index contributed by atoms with van der Waals surface area (Å²) in [6.07, 6.45) is 2.76. The summed E-state index contributed by atoms with van der Waals surface area (Å²) < 4.78 is 39.5. The van der Waals surface area contributed by atoms with Crippen LogP contribution < -0.4 is 5.73 Å². The van der Waals surface area contributed by atoms with Gasteiger partial charge in [0, 0.05) is 24.3 Å². The number of anilines is 1. The highest BCUT2D eigenvalue weighted by atomic mass is 32.2. The fraction of sp³-hybridized carbons (Fsp3) is 0.500. The van der Waals surface area contributed by atoms with Crippen LogP contribution in [0.4, 0.5) is 10.1 Å². The maximum absolute atomic E-state index is 13.6. The van der Waals surface area contributed by atoms with Crippen LogP contribution in [0.5, 0.6) is 0 Å². The van der Waals surface area contributed by atoms with Gasteiger partial charge in [0.05, 0.1) is 4.90 Å². The van der Waals surface area contributed by atoms with Crippen LogP contribution in [-0.2, 0) is 10.0 Å². The summed E-state index contributed by atoms with van der Waals surface area (Å²) in [6.45, 7) is 1.52. The van der Waals surface area contributed by atoms with E-state index in [1.807, 2.05) is 0 Å². The summed E-state index contributed by atoms with van der Waals surface area (Å²) in [5.74, 6) is -0.587. The molecule has 1 aromatic carbocycles. The molecule has 2 N–H and O–H groups in total. The zero-order valence-corrected chi connectivity index (χ0v) is 11.3. The molecule has 18 heavy (non-hydrogen) atoms. The summed E-state index contributed by atoms with van der Waals surface area (Å²) in [7, 11) is -2.11. The lowest BCUT2D eigenvalue weighted by Crippen LogP contribution is -2.41. The number of benzene rings is 1. The molecule has 0 spiro atoms. The fourth-order valence-electron chi connectivity index (χ4n) is 1.94. The Kier molecular flexibility index (Phi) is 3.33.